The minimum Gasteiger partial charge on any atom is -0.461 e. The van der Waals surface area contributed by atoms with Crippen molar-refractivity contribution in [3.8, 4) is 11.6 Å². The molecule has 2 aromatic heterocycles. The lowest BCUT2D eigenvalue weighted by Gasteiger charge is -2.17. The van der Waals surface area contributed by atoms with Crippen molar-refractivity contribution < 1.29 is 12.8 Å². The van der Waals surface area contributed by atoms with E-state index < -0.39 is 10.0 Å². The highest BCUT2D eigenvalue weighted by Crippen LogP contribution is 2.24. The van der Waals surface area contributed by atoms with E-state index in [1.165, 1.54) is 6.26 Å². The maximum absolute atomic E-state index is 11.6. The standard InChI is InChI=1S/C17H24N4O3S/c1-3-5-14-11-21(12-15(14)20-25(2,22)23)10-13-8-18-17(19-9-13)16-6-4-7-24-16/h4,6-9,14-15,20H,3,5,10-12H2,1-2H3/t14-,15-/m1/s1. The molecule has 3 rings (SSSR count). The van der Waals surface area contributed by atoms with Gasteiger partial charge in [0.1, 0.15) is 0 Å². The van der Waals surface area contributed by atoms with E-state index in [2.05, 4.69) is 26.5 Å². The lowest BCUT2D eigenvalue weighted by molar-refractivity contribution is 0.311. The third kappa shape index (κ3) is 4.87. The van der Waals surface area contributed by atoms with E-state index in [1.807, 2.05) is 6.07 Å². The first-order valence-electron chi connectivity index (χ1n) is 8.49. The van der Waals surface area contributed by atoms with Crippen LogP contribution in [0.4, 0.5) is 0 Å². The fourth-order valence-corrected chi connectivity index (χ4v) is 4.21. The van der Waals surface area contributed by atoms with Crippen LogP contribution < -0.4 is 4.72 Å². The molecule has 136 valence electrons. The van der Waals surface area contributed by atoms with Crippen molar-refractivity contribution in [3.05, 3.63) is 36.4 Å². The molecule has 0 unspecified atom stereocenters. The van der Waals surface area contributed by atoms with Gasteiger partial charge in [-0.2, -0.15) is 0 Å². The van der Waals surface area contributed by atoms with Crippen molar-refractivity contribution >= 4 is 10.0 Å². The maximum atomic E-state index is 11.6. The van der Waals surface area contributed by atoms with Gasteiger partial charge >= 0.3 is 0 Å². The van der Waals surface area contributed by atoms with Gasteiger partial charge in [-0.25, -0.2) is 23.1 Å². The molecule has 7 nitrogen and oxygen atoms in total. The van der Waals surface area contributed by atoms with Gasteiger partial charge in [0.05, 0.1) is 12.5 Å². The molecule has 2 atom stereocenters. The summed E-state index contributed by atoms with van der Waals surface area (Å²) < 4.78 is 31.3. The molecular formula is C17H24N4O3S. The maximum Gasteiger partial charge on any atom is 0.209 e. The third-order valence-electron chi connectivity index (χ3n) is 4.39. The fourth-order valence-electron chi connectivity index (χ4n) is 3.39. The summed E-state index contributed by atoms with van der Waals surface area (Å²) in [5.41, 5.74) is 1.01. The fraction of sp³-hybridized carbons (Fsp3) is 0.529. The Hall–Kier alpha value is -1.77. The summed E-state index contributed by atoms with van der Waals surface area (Å²) >= 11 is 0. The molecule has 1 saturated heterocycles. The van der Waals surface area contributed by atoms with Crippen LogP contribution in [0.5, 0.6) is 0 Å². The SMILES string of the molecule is CCC[C@@H]1CN(Cc2cnc(-c3ccco3)nc2)C[C@H]1NS(C)(=O)=O. The second-order valence-electron chi connectivity index (χ2n) is 6.63. The average Bonchev–Trinajstić information content (AvgIpc) is 3.18. The van der Waals surface area contributed by atoms with Gasteiger partial charge in [0.2, 0.25) is 10.0 Å². The highest BCUT2D eigenvalue weighted by molar-refractivity contribution is 7.88. The predicted octanol–water partition coefficient (Wildman–Crippen LogP) is 1.89. The zero-order valence-electron chi connectivity index (χ0n) is 14.6. The van der Waals surface area contributed by atoms with Gasteiger partial charge in [-0.1, -0.05) is 13.3 Å². The lowest BCUT2D eigenvalue weighted by atomic mass is 9.99. The van der Waals surface area contributed by atoms with Gasteiger partial charge in [-0.05, 0) is 24.5 Å². The first-order chi connectivity index (χ1) is 11.9. The number of sulfonamides is 1. The van der Waals surface area contributed by atoms with Crippen LogP contribution in [-0.4, -0.2) is 48.7 Å². The lowest BCUT2D eigenvalue weighted by Crippen LogP contribution is -2.39. The number of furan rings is 1. The average molecular weight is 364 g/mol. The molecule has 8 heteroatoms. The number of nitrogens with one attached hydrogen (secondary N) is 1. The molecule has 0 bridgehead atoms. The minimum absolute atomic E-state index is 0.0294. The van der Waals surface area contributed by atoms with Crippen molar-refractivity contribution in [2.75, 3.05) is 19.3 Å². The molecule has 25 heavy (non-hydrogen) atoms. The van der Waals surface area contributed by atoms with Gasteiger partial charge < -0.3 is 4.42 Å². The Morgan fingerprint density at radius 2 is 2.08 bits per heavy atom. The Labute approximate surface area is 148 Å². The quantitative estimate of drug-likeness (QED) is 0.807. The van der Waals surface area contributed by atoms with Gasteiger partial charge in [-0.3, -0.25) is 4.90 Å². The number of hydrogen-bond acceptors (Lipinski definition) is 6. The van der Waals surface area contributed by atoms with E-state index in [-0.39, 0.29) is 6.04 Å². The molecule has 1 N–H and O–H groups in total. The van der Waals surface area contributed by atoms with Crippen LogP contribution in [0.15, 0.2) is 35.2 Å². The van der Waals surface area contributed by atoms with Gasteiger partial charge in [0.25, 0.3) is 0 Å². The monoisotopic (exact) mass is 364 g/mol. The zero-order chi connectivity index (χ0) is 17.9. The number of hydrogen-bond donors (Lipinski definition) is 1. The molecule has 1 aliphatic heterocycles. The number of nitrogens with zero attached hydrogens (tertiary/aromatic N) is 3. The summed E-state index contributed by atoms with van der Waals surface area (Å²) in [7, 11) is -3.20. The molecule has 1 fully saturated rings. The van der Waals surface area contributed by atoms with Crippen LogP contribution in [-0.2, 0) is 16.6 Å². The Bertz CT molecular complexity index is 775. The first kappa shape index (κ1) is 18.0. The topological polar surface area (TPSA) is 88.3 Å². The van der Waals surface area contributed by atoms with Crippen LogP contribution in [0.25, 0.3) is 11.6 Å². The normalized spacial score (nSPS) is 21.7. The highest BCUT2D eigenvalue weighted by atomic mass is 32.2. The molecule has 0 spiro atoms. The smallest absolute Gasteiger partial charge is 0.209 e. The summed E-state index contributed by atoms with van der Waals surface area (Å²) in [4.78, 5) is 11.0. The van der Waals surface area contributed by atoms with Crippen LogP contribution in [0, 0.1) is 5.92 Å². The van der Waals surface area contributed by atoms with Crippen molar-refractivity contribution in [2.24, 2.45) is 5.92 Å². The van der Waals surface area contributed by atoms with Crippen molar-refractivity contribution in [1.29, 1.82) is 0 Å². The molecular weight excluding hydrogens is 340 g/mol. The Morgan fingerprint density at radius 3 is 2.68 bits per heavy atom. The molecule has 0 saturated carbocycles. The van der Waals surface area contributed by atoms with Crippen LogP contribution >= 0.6 is 0 Å². The van der Waals surface area contributed by atoms with E-state index in [0.29, 0.717) is 30.6 Å². The molecule has 3 heterocycles. The summed E-state index contributed by atoms with van der Waals surface area (Å²) in [6.07, 6.45) is 8.48. The summed E-state index contributed by atoms with van der Waals surface area (Å²) in [5, 5.41) is 0. The first-order valence-corrected chi connectivity index (χ1v) is 10.4. The summed E-state index contributed by atoms with van der Waals surface area (Å²) in [6.45, 7) is 4.42. The van der Waals surface area contributed by atoms with Crippen LogP contribution in [0.3, 0.4) is 0 Å². The third-order valence-corrected chi connectivity index (χ3v) is 5.13. The van der Waals surface area contributed by atoms with Gasteiger partial charge in [-0.15, -0.1) is 0 Å². The second kappa shape index (κ2) is 7.63. The Kier molecular flexibility index (Phi) is 5.51. The largest absolute Gasteiger partial charge is 0.461 e. The summed E-state index contributed by atoms with van der Waals surface area (Å²) in [5.74, 6) is 1.55. The van der Waals surface area contributed by atoms with Gasteiger partial charge in [0.15, 0.2) is 11.6 Å². The summed E-state index contributed by atoms with van der Waals surface area (Å²) in [6, 6.07) is 3.60. The Morgan fingerprint density at radius 1 is 1.32 bits per heavy atom. The van der Waals surface area contributed by atoms with E-state index in [1.54, 1.807) is 24.7 Å². The number of likely N-dealkylation sites (tertiary alicyclic amines) is 1. The van der Waals surface area contributed by atoms with Crippen LogP contribution in [0.1, 0.15) is 25.3 Å². The Balaban J connectivity index is 1.64. The van der Waals surface area contributed by atoms with Crippen molar-refractivity contribution in [2.45, 2.75) is 32.4 Å². The van der Waals surface area contributed by atoms with Crippen molar-refractivity contribution in [3.63, 3.8) is 0 Å². The van der Waals surface area contributed by atoms with E-state index in [9.17, 15) is 8.42 Å². The number of aromatic nitrogens is 2. The molecule has 0 aliphatic carbocycles. The highest BCUT2D eigenvalue weighted by Gasteiger charge is 2.33. The molecule has 0 radical (unpaired) electrons. The second-order valence-corrected chi connectivity index (χ2v) is 8.41. The molecule has 1 aliphatic rings. The zero-order valence-corrected chi connectivity index (χ0v) is 15.4. The van der Waals surface area contributed by atoms with Gasteiger partial charge in [0, 0.05) is 43.6 Å². The minimum atomic E-state index is -3.20. The van der Waals surface area contributed by atoms with E-state index in [0.717, 1.165) is 24.9 Å². The van der Waals surface area contributed by atoms with E-state index >= 15 is 0 Å². The van der Waals surface area contributed by atoms with Crippen LogP contribution in [0.2, 0.25) is 0 Å². The number of rotatable bonds is 7. The molecule has 0 amide bonds. The predicted molar refractivity (Wildman–Crippen MR) is 95.2 cm³/mol. The van der Waals surface area contributed by atoms with E-state index in [4.69, 9.17) is 4.42 Å². The molecule has 0 aromatic carbocycles. The molecule has 2 aromatic rings. The van der Waals surface area contributed by atoms with Crippen molar-refractivity contribution in [1.82, 2.24) is 19.6 Å².